The van der Waals surface area contributed by atoms with Gasteiger partial charge in [0.25, 0.3) is 0 Å². The fraction of sp³-hybridized carbons (Fsp3) is 0.250. The molecule has 0 saturated carbocycles. The standard InChI is InChI=1S/C36H38BNO2/c1-9-12-31-25(3)15-16-29-23-28(19-22-33(29)31)26(4)38-34(32-14-11-10-13-24(32)2)27-17-20-30(21-18-27)37-39-35(5,6)36(7,8)40-37/h9-23H,2H2,1,3-8H3/b12-9-,34-32-,38-26?. The Kier molecular flexibility index (Phi) is 7.43. The molecule has 0 bridgehead atoms. The third kappa shape index (κ3) is 5.22. The van der Waals surface area contributed by atoms with E-state index in [1.165, 1.54) is 21.9 Å². The summed E-state index contributed by atoms with van der Waals surface area (Å²) in [7, 11) is -0.401. The summed E-state index contributed by atoms with van der Waals surface area (Å²) >= 11 is 0. The average Bonchev–Trinajstić information content (AvgIpc) is 3.15. The number of allylic oxidation sites excluding steroid dienone is 1. The summed E-state index contributed by atoms with van der Waals surface area (Å²) in [5, 5.41) is 4.41. The molecule has 1 aliphatic heterocycles. The molecule has 1 fully saturated rings. The Balaban J connectivity index is 1.57. The van der Waals surface area contributed by atoms with Crippen molar-refractivity contribution in [1.29, 1.82) is 0 Å². The minimum absolute atomic E-state index is 0.381. The summed E-state index contributed by atoms with van der Waals surface area (Å²) in [5.74, 6) is 0. The van der Waals surface area contributed by atoms with Crippen molar-refractivity contribution in [1.82, 2.24) is 0 Å². The second-order valence-corrected chi connectivity index (χ2v) is 11.6. The number of aliphatic imine (C=N–C) groups is 1. The van der Waals surface area contributed by atoms with Crippen LogP contribution in [0.3, 0.4) is 0 Å². The first-order valence-electron chi connectivity index (χ1n) is 14.0. The number of nitrogens with zero attached hydrogens (tertiary/aromatic N) is 1. The van der Waals surface area contributed by atoms with Crippen molar-refractivity contribution in [3.8, 4) is 0 Å². The summed E-state index contributed by atoms with van der Waals surface area (Å²) in [6.45, 7) is 18.9. The average molecular weight is 528 g/mol. The Morgan fingerprint density at radius 2 is 1.50 bits per heavy atom. The maximum atomic E-state index is 6.27. The van der Waals surface area contributed by atoms with Gasteiger partial charge in [0, 0.05) is 16.5 Å². The highest BCUT2D eigenvalue weighted by Crippen LogP contribution is 2.36. The van der Waals surface area contributed by atoms with Crippen molar-refractivity contribution < 1.29 is 9.31 Å². The highest BCUT2D eigenvalue weighted by molar-refractivity contribution is 6.62. The first-order chi connectivity index (χ1) is 19.0. The van der Waals surface area contributed by atoms with Crippen LogP contribution in [0.4, 0.5) is 0 Å². The topological polar surface area (TPSA) is 30.8 Å². The van der Waals surface area contributed by atoms with E-state index < -0.39 is 7.12 Å². The zero-order valence-electron chi connectivity index (χ0n) is 24.7. The molecule has 4 heteroatoms. The summed E-state index contributed by atoms with van der Waals surface area (Å²) in [6, 6.07) is 27.5. The minimum atomic E-state index is -0.401. The van der Waals surface area contributed by atoms with E-state index in [1.54, 1.807) is 0 Å². The van der Waals surface area contributed by atoms with Gasteiger partial charge in [0.1, 0.15) is 0 Å². The predicted molar refractivity (Wildman–Crippen MR) is 171 cm³/mol. The van der Waals surface area contributed by atoms with E-state index in [-0.39, 0.29) is 11.2 Å². The van der Waals surface area contributed by atoms with Crippen molar-refractivity contribution in [2.45, 2.75) is 59.7 Å². The molecule has 0 amide bonds. The Labute approximate surface area is 238 Å². The summed E-state index contributed by atoms with van der Waals surface area (Å²) in [5.41, 5.74) is 6.72. The van der Waals surface area contributed by atoms with Crippen molar-refractivity contribution in [2.24, 2.45) is 4.99 Å². The largest absolute Gasteiger partial charge is 0.494 e. The van der Waals surface area contributed by atoms with Gasteiger partial charge in [-0.1, -0.05) is 91.5 Å². The Bertz CT molecular complexity index is 1730. The van der Waals surface area contributed by atoms with E-state index in [1.807, 2.05) is 18.2 Å². The van der Waals surface area contributed by atoms with Crippen molar-refractivity contribution >= 4 is 47.4 Å². The van der Waals surface area contributed by atoms with Crippen LogP contribution in [0.25, 0.3) is 29.1 Å². The van der Waals surface area contributed by atoms with Crippen molar-refractivity contribution in [2.75, 3.05) is 0 Å². The number of hydrogen-bond acceptors (Lipinski definition) is 3. The Morgan fingerprint density at radius 1 is 0.850 bits per heavy atom. The van der Waals surface area contributed by atoms with Gasteiger partial charge in [-0.2, -0.15) is 0 Å². The molecule has 0 spiro atoms. The first-order valence-corrected chi connectivity index (χ1v) is 14.0. The lowest BCUT2D eigenvalue weighted by Gasteiger charge is -2.32. The normalized spacial score (nSPS) is 17.6. The van der Waals surface area contributed by atoms with Gasteiger partial charge < -0.3 is 9.31 Å². The third-order valence-corrected chi connectivity index (χ3v) is 8.29. The van der Waals surface area contributed by atoms with Gasteiger partial charge in [0.15, 0.2) is 0 Å². The molecule has 0 N–H and O–H groups in total. The lowest BCUT2D eigenvalue weighted by molar-refractivity contribution is 0.00578. The van der Waals surface area contributed by atoms with E-state index in [0.29, 0.717) is 0 Å². The van der Waals surface area contributed by atoms with Crippen molar-refractivity contribution in [3.05, 3.63) is 118 Å². The van der Waals surface area contributed by atoms with E-state index in [0.717, 1.165) is 38.4 Å². The molecule has 1 saturated heterocycles. The minimum Gasteiger partial charge on any atom is -0.399 e. The number of benzene rings is 4. The highest BCUT2D eigenvalue weighted by Gasteiger charge is 2.51. The molecular formula is C36H38BNO2. The molecule has 202 valence electrons. The van der Waals surface area contributed by atoms with E-state index in [2.05, 4.69) is 128 Å². The predicted octanol–water partition coefficient (Wildman–Crippen LogP) is 6.56. The molecule has 1 heterocycles. The SMILES string of the molecule is C=c1cccc/c1=C(/N=C(C)c1ccc2c(/C=C\C)c(C)ccc2c1)c1ccc(B2OC(C)(C)C(C)(C)O2)cc1. The second-order valence-electron chi connectivity index (χ2n) is 11.6. The van der Waals surface area contributed by atoms with Gasteiger partial charge in [0.2, 0.25) is 0 Å². The van der Waals surface area contributed by atoms with E-state index in [4.69, 9.17) is 14.3 Å². The van der Waals surface area contributed by atoms with Crippen molar-refractivity contribution in [3.63, 3.8) is 0 Å². The highest BCUT2D eigenvalue weighted by atomic mass is 16.7. The van der Waals surface area contributed by atoms with Crippen LogP contribution in [-0.2, 0) is 9.31 Å². The van der Waals surface area contributed by atoms with Gasteiger partial charge in [0.05, 0.1) is 16.9 Å². The lowest BCUT2D eigenvalue weighted by Crippen LogP contribution is -2.41. The van der Waals surface area contributed by atoms with Crippen LogP contribution in [-0.4, -0.2) is 24.0 Å². The van der Waals surface area contributed by atoms with Crippen LogP contribution in [0.2, 0.25) is 0 Å². The van der Waals surface area contributed by atoms with E-state index >= 15 is 0 Å². The number of fused-ring (bicyclic) bond motifs is 1. The molecule has 0 radical (unpaired) electrons. The van der Waals surface area contributed by atoms with Crippen LogP contribution in [0.5, 0.6) is 0 Å². The fourth-order valence-electron chi connectivity index (χ4n) is 5.12. The lowest BCUT2D eigenvalue weighted by atomic mass is 9.78. The van der Waals surface area contributed by atoms with Gasteiger partial charge in [-0.05, 0) is 92.7 Å². The number of aryl methyl sites for hydroxylation is 1. The zero-order chi connectivity index (χ0) is 28.7. The maximum absolute atomic E-state index is 6.27. The van der Waals surface area contributed by atoms with Gasteiger partial charge in [-0.15, -0.1) is 0 Å². The van der Waals surface area contributed by atoms with Crippen LogP contribution in [0.1, 0.15) is 63.8 Å². The number of hydrogen-bond donors (Lipinski definition) is 0. The molecule has 4 aromatic rings. The van der Waals surface area contributed by atoms with E-state index in [9.17, 15) is 0 Å². The maximum Gasteiger partial charge on any atom is 0.494 e. The number of rotatable bonds is 5. The van der Waals surface area contributed by atoms with Gasteiger partial charge in [-0.25, -0.2) is 0 Å². The van der Waals surface area contributed by atoms with Gasteiger partial charge in [-0.3, -0.25) is 4.99 Å². The molecule has 0 aromatic heterocycles. The molecule has 0 aliphatic carbocycles. The molecule has 0 atom stereocenters. The molecule has 0 unspecified atom stereocenters. The molecule has 40 heavy (non-hydrogen) atoms. The molecule has 4 aromatic carbocycles. The Hall–Kier alpha value is -3.73. The quantitative estimate of drug-likeness (QED) is 0.218. The summed E-state index contributed by atoms with van der Waals surface area (Å²) < 4.78 is 12.5. The smallest absolute Gasteiger partial charge is 0.399 e. The Morgan fingerprint density at radius 3 is 2.15 bits per heavy atom. The van der Waals surface area contributed by atoms with Gasteiger partial charge >= 0.3 is 7.12 Å². The van der Waals surface area contributed by atoms with Crippen LogP contribution < -0.4 is 15.9 Å². The van der Waals surface area contributed by atoms with Crippen LogP contribution >= 0.6 is 0 Å². The third-order valence-electron chi connectivity index (χ3n) is 8.29. The summed E-state index contributed by atoms with van der Waals surface area (Å²) in [6.07, 6.45) is 4.28. The molecule has 3 nitrogen and oxygen atoms in total. The second kappa shape index (κ2) is 10.7. The zero-order valence-corrected chi connectivity index (χ0v) is 24.7. The summed E-state index contributed by atoms with van der Waals surface area (Å²) in [4.78, 5) is 5.22. The van der Waals surface area contributed by atoms with Crippen LogP contribution in [0, 0.1) is 6.92 Å². The molecule has 1 aliphatic rings. The fourth-order valence-corrected chi connectivity index (χ4v) is 5.12. The molecular weight excluding hydrogens is 489 g/mol. The monoisotopic (exact) mass is 527 g/mol. The molecule has 5 rings (SSSR count). The first kappa shape index (κ1) is 27.8. The van der Waals surface area contributed by atoms with Crippen LogP contribution in [0.15, 0.2) is 89.9 Å².